The molecule has 0 saturated carbocycles. The Labute approximate surface area is 107 Å². The number of ether oxygens (including phenoxy) is 1. The highest BCUT2D eigenvalue weighted by molar-refractivity contribution is 5.76. The van der Waals surface area contributed by atoms with E-state index in [1.807, 2.05) is 4.90 Å². The Bertz CT molecular complexity index is 284. The zero-order chi connectivity index (χ0) is 12.8. The number of amides is 2. The molecule has 2 amide bonds. The van der Waals surface area contributed by atoms with Crippen molar-refractivity contribution < 1.29 is 14.3 Å². The van der Waals surface area contributed by atoms with E-state index in [1.54, 1.807) is 4.90 Å². The fourth-order valence-electron chi connectivity index (χ4n) is 2.32. The van der Waals surface area contributed by atoms with Gasteiger partial charge in [0.1, 0.15) is 0 Å². The van der Waals surface area contributed by atoms with Gasteiger partial charge in [0.25, 0.3) is 0 Å². The average Bonchev–Trinajstić information content (AvgIpc) is 2.46. The molecule has 2 fully saturated rings. The molecule has 0 radical (unpaired) electrons. The molecule has 6 nitrogen and oxygen atoms in total. The number of piperazine rings is 1. The third kappa shape index (κ3) is 3.68. The molecule has 18 heavy (non-hydrogen) atoms. The van der Waals surface area contributed by atoms with Crippen molar-refractivity contribution in [3.63, 3.8) is 0 Å². The lowest BCUT2D eigenvalue weighted by atomic mass is 10.2. The van der Waals surface area contributed by atoms with Crippen LogP contribution in [0, 0.1) is 0 Å². The van der Waals surface area contributed by atoms with Crippen LogP contribution in [0.1, 0.15) is 6.42 Å². The second-order valence-electron chi connectivity index (χ2n) is 4.73. The number of nitrogens with zero attached hydrogens (tertiary/aromatic N) is 3. The minimum absolute atomic E-state index is 0.219. The van der Waals surface area contributed by atoms with Crippen LogP contribution in [0.25, 0.3) is 0 Å². The van der Waals surface area contributed by atoms with Gasteiger partial charge in [-0.15, -0.1) is 0 Å². The molecule has 2 rings (SSSR count). The van der Waals surface area contributed by atoms with Crippen LogP contribution in [0.3, 0.4) is 0 Å². The number of morpholine rings is 1. The summed E-state index contributed by atoms with van der Waals surface area (Å²) in [5.41, 5.74) is 0. The lowest BCUT2D eigenvalue weighted by Gasteiger charge is -2.33. The fourth-order valence-corrected chi connectivity index (χ4v) is 2.32. The molecule has 2 heterocycles. The number of hydrogen-bond acceptors (Lipinski definition) is 4. The Morgan fingerprint density at radius 3 is 2.33 bits per heavy atom. The van der Waals surface area contributed by atoms with Crippen molar-refractivity contribution in [1.82, 2.24) is 14.7 Å². The Morgan fingerprint density at radius 1 is 1.06 bits per heavy atom. The second kappa shape index (κ2) is 6.70. The summed E-state index contributed by atoms with van der Waals surface area (Å²) in [5, 5.41) is 0. The molecule has 0 N–H and O–H groups in total. The van der Waals surface area contributed by atoms with Crippen molar-refractivity contribution in [3.05, 3.63) is 0 Å². The van der Waals surface area contributed by atoms with Gasteiger partial charge in [-0.3, -0.25) is 14.5 Å². The van der Waals surface area contributed by atoms with E-state index < -0.39 is 0 Å². The molecule has 0 aromatic rings. The lowest BCUT2D eigenvalue weighted by molar-refractivity contribution is -0.135. The minimum Gasteiger partial charge on any atom is -0.378 e. The van der Waals surface area contributed by atoms with Crippen molar-refractivity contribution in [1.29, 1.82) is 0 Å². The monoisotopic (exact) mass is 255 g/mol. The van der Waals surface area contributed by atoms with E-state index in [0.717, 1.165) is 52.2 Å². The number of carbonyl (C=O) groups excluding carboxylic acids is 2. The van der Waals surface area contributed by atoms with Gasteiger partial charge in [0, 0.05) is 52.2 Å². The number of carbonyl (C=O) groups is 2. The van der Waals surface area contributed by atoms with Gasteiger partial charge in [0.05, 0.1) is 13.2 Å². The largest absolute Gasteiger partial charge is 0.378 e. The SMILES string of the molecule is O=CN1CCN(CCC(=O)N2CCOCC2)CC1. The maximum absolute atomic E-state index is 11.9. The standard InChI is InChI=1S/C12H21N3O3/c16-11-14-5-3-13(4-6-14)2-1-12(17)15-7-9-18-10-8-15/h11H,1-10H2. The van der Waals surface area contributed by atoms with Crippen LogP contribution in [0.5, 0.6) is 0 Å². The Kier molecular flexibility index (Phi) is 4.95. The molecule has 2 aliphatic heterocycles. The van der Waals surface area contributed by atoms with E-state index in [2.05, 4.69) is 4.90 Å². The van der Waals surface area contributed by atoms with Crippen LogP contribution < -0.4 is 0 Å². The minimum atomic E-state index is 0.219. The summed E-state index contributed by atoms with van der Waals surface area (Å²) >= 11 is 0. The molecular weight excluding hydrogens is 234 g/mol. The molecule has 0 aromatic carbocycles. The summed E-state index contributed by atoms with van der Waals surface area (Å²) in [6, 6.07) is 0. The molecule has 0 bridgehead atoms. The van der Waals surface area contributed by atoms with Crippen molar-refractivity contribution in [2.45, 2.75) is 6.42 Å². The normalized spacial score (nSPS) is 22.0. The Balaban J connectivity index is 1.65. The molecule has 0 aromatic heterocycles. The van der Waals surface area contributed by atoms with Crippen LogP contribution in [-0.2, 0) is 14.3 Å². The van der Waals surface area contributed by atoms with E-state index in [-0.39, 0.29) is 5.91 Å². The van der Waals surface area contributed by atoms with Gasteiger partial charge in [-0.05, 0) is 0 Å². The highest BCUT2D eigenvalue weighted by Crippen LogP contribution is 2.04. The van der Waals surface area contributed by atoms with Gasteiger partial charge in [0.15, 0.2) is 0 Å². The molecular formula is C12H21N3O3. The summed E-state index contributed by atoms with van der Waals surface area (Å²) in [6.45, 7) is 6.83. The molecule has 2 saturated heterocycles. The van der Waals surface area contributed by atoms with Crippen molar-refractivity contribution >= 4 is 12.3 Å². The van der Waals surface area contributed by atoms with Crippen molar-refractivity contribution in [3.8, 4) is 0 Å². The van der Waals surface area contributed by atoms with Crippen LogP contribution in [-0.4, -0.2) is 86.0 Å². The molecule has 0 atom stereocenters. The quantitative estimate of drug-likeness (QED) is 0.605. The Morgan fingerprint density at radius 2 is 1.72 bits per heavy atom. The predicted molar refractivity (Wildman–Crippen MR) is 66.1 cm³/mol. The molecule has 6 heteroatoms. The van der Waals surface area contributed by atoms with E-state index in [4.69, 9.17) is 4.74 Å². The van der Waals surface area contributed by atoms with Crippen molar-refractivity contribution in [2.24, 2.45) is 0 Å². The van der Waals surface area contributed by atoms with E-state index in [9.17, 15) is 9.59 Å². The summed E-state index contributed by atoms with van der Waals surface area (Å²) < 4.78 is 5.23. The molecule has 0 aliphatic carbocycles. The van der Waals surface area contributed by atoms with Gasteiger partial charge in [0.2, 0.25) is 12.3 Å². The van der Waals surface area contributed by atoms with Gasteiger partial charge in [-0.2, -0.15) is 0 Å². The third-order valence-corrected chi connectivity index (χ3v) is 3.56. The molecule has 0 unspecified atom stereocenters. The maximum Gasteiger partial charge on any atom is 0.224 e. The van der Waals surface area contributed by atoms with E-state index in [1.165, 1.54) is 0 Å². The van der Waals surface area contributed by atoms with Crippen LogP contribution in [0.2, 0.25) is 0 Å². The zero-order valence-corrected chi connectivity index (χ0v) is 10.7. The van der Waals surface area contributed by atoms with Crippen molar-refractivity contribution in [2.75, 3.05) is 59.0 Å². The molecule has 0 spiro atoms. The summed E-state index contributed by atoms with van der Waals surface area (Å²) in [7, 11) is 0. The second-order valence-corrected chi connectivity index (χ2v) is 4.73. The maximum atomic E-state index is 11.9. The smallest absolute Gasteiger partial charge is 0.224 e. The zero-order valence-electron chi connectivity index (χ0n) is 10.7. The highest BCUT2D eigenvalue weighted by Gasteiger charge is 2.19. The first-order valence-electron chi connectivity index (χ1n) is 6.57. The first-order chi connectivity index (χ1) is 8.79. The summed E-state index contributed by atoms with van der Waals surface area (Å²) in [6.07, 6.45) is 1.47. The lowest BCUT2D eigenvalue weighted by Crippen LogP contribution is -2.47. The number of hydrogen-bond donors (Lipinski definition) is 0. The van der Waals surface area contributed by atoms with Crippen LogP contribution in [0.15, 0.2) is 0 Å². The van der Waals surface area contributed by atoms with Gasteiger partial charge in [-0.25, -0.2) is 0 Å². The topological polar surface area (TPSA) is 53.1 Å². The highest BCUT2D eigenvalue weighted by atomic mass is 16.5. The molecule has 2 aliphatic rings. The van der Waals surface area contributed by atoms with Gasteiger partial charge >= 0.3 is 0 Å². The van der Waals surface area contributed by atoms with Gasteiger partial charge < -0.3 is 14.5 Å². The van der Waals surface area contributed by atoms with Gasteiger partial charge in [-0.1, -0.05) is 0 Å². The Hall–Kier alpha value is -1.14. The summed E-state index contributed by atoms with van der Waals surface area (Å²) in [5.74, 6) is 0.219. The van der Waals surface area contributed by atoms with E-state index in [0.29, 0.717) is 19.6 Å². The first-order valence-corrected chi connectivity index (χ1v) is 6.57. The molecule has 102 valence electrons. The van der Waals surface area contributed by atoms with E-state index >= 15 is 0 Å². The van der Waals surface area contributed by atoms with Crippen LogP contribution >= 0.6 is 0 Å². The first kappa shape index (κ1) is 13.3. The summed E-state index contributed by atoms with van der Waals surface area (Å²) in [4.78, 5) is 28.4. The third-order valence-electron chi connectivity index (χ3n) is 3.56. The number of rotatable bonds is 4. The van der Waals surface area contributed by atoms with Crippen LogP contribution in [0.4, 0.5) is 0 Å². The average molecular weight is 255 g/mol. The fraction of sp³-hybridized carbons (Fsp3) is 0.833. The predicted octanol–water partition coefficient (Wildman–Crippen LogP) is -0.991.